The third-order valence-corrected chi connectivity index (χ3v) is 6.02. The number of hydrogen-bond donors (Lipinski definition) is 2. The van der Waals surface area contributed by atoms with Crippen molar-refractivity contribution in [2.45, 2.75) is 138 Å². The number of carboxylic acids is 2. The van der Waals surface area contributed by atoms with Crippen molar-refractivity contribution in [2.75, 3.05) is 0 Å². The zero-order chi connectivity index (χ0) is 25.5. The Kier molecular flexibility index (Phi) is 24.4. The number of allylic oxidation sites excluding steroid dienone is 2. The molecule has 0 aromatic heterocycles. The van der Waals surface area contributed by atoms with Crippen LogP contribution in [0.1, 0.15) is 138 Å². The lowest BCUT2D eigenvalue weighted by atomic mass is 9.95. The molecule has 0 bridgehead atoms. The van der Waals surface area contributed by atoms with Gasteiger partial charge in [0, 0.05) is 12.8 Å². The van der Waals surface area contributed by atoms with Gasteiger partial charge in [-0.15, -0.1) is 0 Å². The van der Waals surface area contributed by atoms with E-state index in [1.54, 1.807) is 0 Å². The van der Waals surface area contributed by atoms with Gasteiger partial charge in [-0.25, -0.2) is 0 Å². The van der Waals surface area contributed by atoms with Gasteiger partial charge >= 0.3 is 11.9 Å². The van der Waals surface area contributed by atoms with E-state index in [2.05, 4.69) is 47.6 Å². The van der Waals surface area contributed by atoms with Crippen LogP contribution in [0.5, 0.6) is 0 Å². The van der Waals surface area contributed by atoms with Crippen LogP contribution < -0.4 is 0 Å². The lowest BCUT2D eigenvalue weighted by Gasteiger charge is -2.11. The highest BCUT2D eigenvalue weighted by Gasteiger charge is 2.04. The monoisotopic (exact) mass is 468 g/mol. The second kappa shape index (κ2) is 23.8. The minimum atomic E-state index is -0.713. The Bertz CT molecular complexity index is 482. The molecule has 0 aromatic carbocycles. The predicted molar refractivity (Wildman–Crippen MR) is 142 cm³/mol. The first-order valence-corrected chi connectivity index (χ1v) is 13.6. The van der Waals surface area contributed by atoms with E-state index in [1.165, 1.54) is 57.8 Å². The van der Waals surface area contributed by atoms with E-state index in [1.807, 2.05) is 6.08 Å². The van der Waals surface area contributed by atoms with Gasteiger partial charge in [0.05, 0.1) is 0 Å². The number of hydrogen-bond acceptors (Lipinski definition) is 2. The first-order chi connectivity index (χ1) is 15.5. The zero-order valence-electron chi connectivity index (χ0n) is 22.8. The average molecular weight is 469 g/mol. The second-order valence-electron chi connectivity index (χ2n) is 10.8. The molecule has 0 saturated carbocycles. The standard InChI is InChI=1S/C15H30O2.C14H26O2/c1-13(2)9-8-11-14(3)10-6-4-5-7-12-15(16)17;1-12(2)8-7-10-13(3)9-5-4-6-11-14(15)16/h13-14H,4-12H2,1-3H3,(H,16,17);4-5,12-13H,6-11H2,1-3H3,(H,15,16). The summed E-state index contributed by atoms with van der Waals surface area (Å²) in [5.41, 5.74) is 0. The lowest BCUT2D eigenvalue weighted by molar-refractivity contribution is -0.138. The summed E-state index contributed by atoms with van der Waals surface area (Å²) in [5, 5.41) is 17.0. The summed E-state index contributed by atoms with van der Waals surface area (Å²) in [6, 6.07) is 0. The molecule has 196 valence electrons. The molecule has 0 heterocycles. The summed E-state index contributed by atoms with van der Waals surface area (Å²) in [6.45, 7) is 13.7. The molecule has 2 atom stereocenters. The third kappa shape index (κ3) is 32.9. The van der Waals surface area contributed by atoms with Gasteiger partial charge in [0.1, 0.15) is 0 Å². The van der Waals surface area contributed by atoms with Crippen LogP contribution >= 0.6 is 0 Å². The smallest absolute Gasteiger partial charge is 0.303 e. The van der Waals surface area contributed by atoms with Crippen LogP contribution in [0.4, 0.5) is 0 Å². The molecule has 0 aliphatic heterocycles. The average Bonchev–Trinajstić information content (AvgIpc) is 2.70. The maximum absolute atomic E-state index is 10.3. The van der Waals surface area contributed by atoms with E-state index in [-0.39, 0.29) is 6.42 Å². The summed E-state index contributed by atoms with van der Waals surface area (Å²) >= 11 is 0. The highest BCUT2D eigenvalue weighted by Crippen LogP contribution is 2.18. The number of carbonyl (C=O) groups is 2. The normalized spacial score (nSPS) is 13.2. The van der Waals surface area contributed by atoms with Gasteiger partial charge in [-0.3, -0.25) is 9.59 Å². The molecule has 0 radical (unpaired) electrons. The number of carboxylic acid groups (broad SMARTS) is 2. The molecule has 2 unspecified atom stereocenters. The van der Waals surface area contributed by atoms with Crippen LogP contribution in [0.25, 0.3) is 0 Å². The quantitative estimate of drug-likeness (QED) is 0.138. The van der Waals surface area contributed by atoms with Gasteiger partial charge in [0.2, 0.25) is 0 Å². The first kappa shape index (κ1) is 33.9. The van der Waals surface area contributed by atoms with E-state index in [9.17, 15) is 9.59 Å². The van der Waals surface area contributed by atoms with Crippen molar-refractivity contribution in [1.82, 2.24) is 0 Å². The summed E-state index contributed by atoms with van der Waals surface area (Å²) in [5.74, 6) is 1.83. The van der Waals surface area contributed by atoms with Crippen LogP contribution in [0.15, 0.2) is 12.2 Å². The Labute approximate surface area is 205 Å². The molecule has 4 nitrogen and oxygen atoms in total. The van der Waals surface area contributed by atoms with Crippen molar-refractivity contribution in [3.63, 3.8) is 0 Å². The Morgan fingerprint density at radius 3 is 1.58 bits per heavy atom. The van der Waals surface area contributed by atoms with Crippen molar-refractivity contribution in [2.24, 2.45) is 23.7 Å². The van der Waals surface area contributed by atoms with Gasteiger partial charge in [-0.05, 0) is 42.9 Å². The molecule has 0 saturated heterocycles. The molecule has 33 heavy (non-hydrogen) atoms. The number of rotatable bonds is 20. The minimum Gasteiger partial charge on any atom is -0.481 e. The van der Waals surface area contributed by atoms with Gasteiger partial charge < -0.3 is 10.2 Å². The zero-order valence-corrected chi connectivity index (χ0v) is 22.8. The molecule has 2 N–H and O–H groups in total. The fraction of sp³-hybridized carbons (Fsp3) is 0.862. The summed E-state index contributed by atoms with van der Waals surface area (Å²) in [6.07, 6.45) is 20.1. The Morgan fingerprint density at radius 1 is 0.576 bits per heavy atom. The largest absolute Gasteiger partial charge is 0.481 e. The Morgan fingerprint density at radius 2 is 1.06 bits per heavy atom. The molecule has 0 fully saturated rings. The molecule has 0 rings (SSSR count). The summed E-state index contributed by atoms with van der Waals surface area (Å²) in [7, 11) is 0. The molecule has 0 aliphatic carbocycles. The Hall–Kier alpha value is -1.32. The maximum Gasteiger partial charge on any atom is 0.303 e. The lowest BCUT2D eigenvalue weighted by Crippen LogP contribution is -1.97. The molecule has 0 spiro atoms. The second-order valence-corrected chi connectivity index (χ2v) is 10.8. The molecule has 0 amide bonds. The number of unbranched alkanes of at least 4 members (excludes halogenated alkanes) is 3. The van der Waals surface area contributed by atoms with E-state index >= 15 is 0 Å². The van der Waals surface area contributed by atoms with E-state index < -0.39 is 11.9 Å². The van der Waals surface area contributed by atoms with Crippen molar-refractivity contribution in [1.29, 1.82) is 0 Å². The summed E-state index contributed by atoms with van der Waals surface area (Å²) in [4.78, 5) is 20.6. The first-order valence-electron chi connectivity index (χ1n) is 13.6. The van der Waals surface area contributed by atoms with E-state index in [0.717, 1.165) is 42.9 Å². The van der Waals surface area contributed by atoms with E-state index in [0.29, 0.717) is 12.8 Å². The van der Waals surface area contributed by atoms with Crippen LogP contribution in [0.3, 0.4) is 0 Å². The summed E-state index contributed by atoms with van der Waals surface area (Å²) < 4.78 is 0. The molecular formula is C29H56O4. The van der Waals surface area contributed by atoms with Gasteiger partial charge in [0.25, 0.3) is 0 Å². The molecular weight excluding hydrogens is 412 g/mol. The van der Waals surface area contributed by atoms with Crippen LogP contribution in [0.2, 0.25) is 0 Å². The predicted octanol–water partition coefficient (Wildman–Crippen LogP) is 9.13. The van der Waals surface area contributed by atoms with Crippen molar-refractivity contribution in [3.8, 4) is 0 Å². The third-order valence-electron chi connectivity index (χ3n) is 6.02. The topological polar surface area (TPSA) is 74.6 Å². The SMILES string of the molecule is CC(C)CCCC(C)CC=CCCC(=O)O.CC(C)CCCC(C)CCCCCCC(=O)O. The van der Waals surface area contributed by atoms with Gasteiger partial charge in [0.15, 0.2) is 0 Å². The molecule has 0 aliphatic rings. The van der Waals surface area contributed by atoms with Crippen molar-refractivity contribution in [3.05, 3.63) is 12.2 Å². The minimum absolute atomic E-state index is 0.248. The van der Waals surface area contributed by atoms with Crippen LogP contribution in [-0.4, -0.2) is 22.2 Å². The van der Waals surface area contributed by atoms with Crippen molar-refractivity contribution >= 4 is 11.9 Å². The van der Waals surface area contributed by atoms with E-state index in [4.69, 9.17) is 10.2 Å². The highest BCUT2D eigenvalue weighted by molar-refractivity contribution is 5.66. The van der Waals surface area contributed by atoms with Gasteiger partial charge in [-0.2, -0.15) is 0 Å². The Balaban J connectivity index is 0. The number of aliphatic carboxylic acids is 2. The molecule has 4 heteroatoms. The van der Waals surface area contributed by atoms with Crippen molar-refractivity contribution < 1.29 is 19.8 Å². The fourth-order valence-corrected chi connectivity index (χ4v) is 3.79. The molecule has 0 aromatic rings. The maximum atomic E-state index is 10.3. The van der Waals surface area contributed by atoms with Crippen LogP contribution in [0, 0.1) is 23.7 Å². The highest BCUT2D eigenvalue weighted by atomic mass is 16.4. The van der Waals surface area contributed by atoms with Gasteiger partial charge in [-0.1, -0.05) is 118 Å². The van der Waals surface area contributed by atoms with Crippen LogP contribution in [-0.2, 0) is 9.59 Å². The fourth-order valence-electron chi connectivity index (χ4n) is 3.79.